The molecule has 4 fully saturated rings. The lowest BCUT2D eigenvalue weighted by Gasteiger charge is -2.12. The number of hydrazone groups is 2. The number of carbonyl (C=O) groups is 2. The highest BCUT2D eigenvalue weighted by Crippen LogP contribution is 2.43. The van der Waals surface area contributed by atoms with Gasteiger partial charge in [0.15, 0.2) is 0 Å². The Labute approximate surface area is 142 Å². The van der Waals surface area contributed by atoms with Gasteiger partial charge in [-0.05, 0) is 75.0 Å². The number of fused-ring (bicyclic) bond motifs is 4. The van der Waals surface area contributed by atoms with Gasteiger partial charge >= 0.3 is 0 Å². The molecule has 0 aromatic carbocycles. The Morgan fingerprint density at radius 3 is 1.58 bits per heavy atom. The van der Waals surface area contributed by atoms with Gasteiger partial charge in [0.1, 0.15) is 0 Å². The van der Waals surface area contributed by atoms with Crippen molar-refractivity contribution in [3.05, 3.63) is 0 Å². The molecular formula is C18H26N4O2. The first-order valence-electron chi connectivity index (χ1n) is 9.38. The fourth-order valence-electron chi connectivity index (χ4n) is 4.93. The number of nitrogens with one attached hydrogen (secondary N) is 2. The Morgan fingerprint density at radius 1 is 0.792 bits per heavy atom. The molecule has 4 saturated carbocycles. The summed E-state index contributed by atoms with van der Waals surface area (Å²) in [6.07, 6.45) is 9.90. The zero-order valence-corrected chi connectivity index (χ0v) is 14.1. The van der Waals surface area contributed by atoms with Crippen LogP contribution in [0.3, 0.4) is 0 Å². The maximum absolute atomic E-state index is 11.8. The molecule has 4 aliphatic rings. The summed E-state index contributed by atoms with van der Waals surface area (Å²) in [5.74, 6) is 2.34. The maximum Gasteiger partial charge on any atom is 0.240 e. The highest BCUT2D eigenvalue weighted by molar-refractivity contribution is 5.92. The van der Waals surface area contributed by atoms with Gasteiger partial charge in [-0.3, -0.25) is 9.59 Å². The molecular weight excluding hydrogens is 304 g/mol. The van der Waals surface area contributed by atoms with Crippen molar-refractivity contribution in [3.8, 4) is 0 Å². The zero-order valence-electron chi connectivity index (χ0n) is 14.1. The third-order valence-corrected chi connectivity index (χ3v) is 6.25. The number of carbonyl (C=O) groups excluding carboxylic acids is 2. The normalized spacial score (nSPS) is 36.7. The summed E-state index contributed by atoms with van der Waals surface area (Å²) in [6.45, 7) is 0. The third kappa shape index (κ3) is 3.37. The van der Waals surface area contributed by atoms with Crippen LogP contribution in [0.2, 0.25) is 0 Å². The summed E-state index contributed by atoms with van der Waals surface area (Å²) < 4.78 is 0. The molecule has 6 nitrogen and oxygen atoms in total. The minimum Gasteiger partial charge on any atom is -0.273 e. The van der Waals surface area contributed by atoms with Crippen molar-refractivity contribution in [2.45, 2.75) is 64.2 Å². The molecule has 0 heterocycles. The standard InChI is InChI=1S/C18H26N4O2/c23-17(21-19-15-9-11-1-3-13(15)7-11)5-6-18(24)22-20-16-10-12-2-4-14(16)8-12/h11-14H,1-10H2,(H,21,23)(H,22,24)/b19-15-,20-16-/t11-,12-,13-,14-/m0/s1. The molecule has 0 saturated heterocycles. The van der Waals surface area contributed by atoms with E-state index in [1.54, 1.807) is 0 Å². The fraction of sp³-hybridized carbons (Fsp3) is 0.778. The van der Waals surface area contributed by atoms with E-state index in [0.717, 1.165) is 36.1 Å². The van der Waals surface area contributed by atoms with Gasteiger partial charge in [-0.2, -0.15) is 10.2 Å². The average Bonchev–Trinajstić information content (AvgIpc) is 3.36. The highest BCUT2D eigenvalue weighted by Gasteiger charge is 2.37. The van der Waals surface area contributed by atoms with E-state index in [-0.39, 0.29) is 24.7 Å². The molecule has 130 valence electrons. The zero-order chi connectivity index (χ0) is 16.5. The SMILES string of the molecule is O=C(CCC(=O)N/N=C1/C[C@H]2CC[C@H]1C2)N/N=C1/C[C@H]2CC[C@H]1C2. The molecule has 0 radical (unpaired) electrons. The van der Waals surface area contributed by atoms with Crippen LogP contribution in [0.25, 0.3) is 0 Å². The first-order valence-corrected chi connectivity index (χ1v) is 9.38. The van der Waals surface area contributed by atoms with Gasteiger partial charge in [0.05, 0.1) is 0 Å². The van der Waals surface area contributed by atoms with Crippen LogP contribution in [-0.4, -0.2) is 23.2 Å². The number of rotatable bonds is 5. The predicted octanol–water partition coefficient (Wildman–Crippen LogP) is 2.35. The largest absolute Gasteiger partial charge is 0.273 e. The summed E-state index contributed by atoms with van der Waals surface area (Å²) in [6, 6.07) is 0. The van der Waals surface area contributed by atoms with E-state index in [9.17, 15) is 9.59 Å². The van der Waals surface area contributed by atoms with Crippen molar-refractivity contribution in [1.82, 2.24) is 10.9 Å². The van der Waals surface area contributed by atoms with Crippen molar-refractivity contribution in [1.29, 1.82) is 0 Å². The minimum atomic E-state index is -0.187. The number of amides is 2. The van der Waals surface area contributed by atoms with E-state index in [4.69, 9.17) is 0 Å². The lowest BCUT2D eigenvalue weighted by Crippen LogP contribution is -2.25. The summed E-state index contributed by atoms with van der Waals surface area (Å²) in [5, 5.41) is 8.55. The Bertz CT molecular complexity index is 546. The molecule has 4 atom stereocenters. The van der Waals surface area contributed by atoms with Crippen LogP contribution in [0.5, 0.6) is 0 Å². The summed E-state index contributed by atoms with van der Waals surface area (Å²) >= 11 is 0. The molecule has 0 aliphatic heterocycles. The molecule has 4 bridgehead atoms. The number of hydrogen-bond donors (Lipinski definition) is 2. The second kappa shape index (κ2) is 6.65. The van der Waals surface area contributed by atoms with E-state index in [1.165, 1.54) is 38.5 Å². The van der Waals surface area contributed by atoms with Gasteiger partial charge in [-0.25, -0.2) is 10.9 Å². The minimum absolute atomic E-state index is 0.160. The quantitative estimate of drug-likeness (QED) is 0.759. The smallest absolute Gasteiger partial charge is 0.240 e. The molecule has 2 amide bonds. The second-order valence-corrected chi connectivity index (χ2v) is 7.94. The van der Waals surface area contributed by atoms with Crippen LogP contribution in [0, 0.1) is 23.7 Å². The molecule has 4 aliphatic carbocycles. The second-order valence-electron chi connectivity index (χ2n) is 7.94. The van der Waals surface area contributed by atoms with E-state index < -0.39 is 0 Å². The summed E-state index contributed by atoms with van der Waals surface area (Å²) in [4.78, 5) is 23.7. The van der Waals surface area contributed by atoms with E-state index in [0.29, 0.717) is 11.8 Å². The van der Waals surface area contributed by atoms with Crippen molar-refractivity contribution < 1.29 is 9.59 Å². The molecule has 6 heteroatoms. The van der Waals surface area contributed by atoms with Gasteiger partial charge < -0.3 is 0 Å². The number of hydrogen-bond acceptors (Lipinski definition) is 4. The topological polar surface area (TPSA) is 82.9 Å². The molecule has 2 N–H and O–H groups in total. The van der Waals surface area contributed by atoms with Crippen LogP contribution in [0.15, 0.2) is 10.2 Å². The van der Waals surface area contributed by atoms with E-state index in [2.05, 4.69) is 21.1 Å². The van der Waals surface area contributed by atoms with Crippen molar-refractivity contribution in [2.75, 3.05) is 0 Å². The first-order chi connectivity index (χ1) is 11.7. The Hall–Kier alpha value is -1.72. The Morgan fingerprint density at radius 2 is 1.25 bits per heavy atom. The third-order valence-electron chi connectivity index (χ3n) is 6.25. The monoisotopic (exact) mass is 330 g/mol. The highest BCUT2D eigenvalue weighted by atomic mass is 16.2. The average molecular weight is 330 g/mol. The Kier molecular flexibility index (Phi) is 4.37. The van der Waals surface area contributed by atoms with Gasteiger partial charge in [0.25, 0.3) is 0 Å². The molecule has 0 unspecified atom stereocenters. The predicted molar refractivity (Wildman–Crippen MR) is 91.3 cm³/mol. The van der Waals surface area contributed by atoms with Gasteiger partial charge in [0, 0.05) is 24.3 Å². The summed E-state index contributed by atoms with van der Waals surface area (Å²) in [7, 11) is 0. The van der Waals surface area contributed by atoms with Crippen molar-refractivity contribution in [3.63, 3.8) is 0 Å². The molecule has 4 rings (SSSR count). The van der Waals surface area contributed by atoms with Gasteiger partial charge in [0.2, 0.25) is 11.8 Å². The van der Waals surface area contributed by atoms with Crippen LogP contribution in [-0.2, 0) is 9.59 Å². The molecule has 24 heavy (non-hydrogen) atoms. The van der Waals surface area contributed by atoms with Crippen molar-refractivity contribution in [2.24, 2.45) is 33.9 Å². The number of nitrogens with zero attached hydrogens (tertiary/aromatic N) is 2. The maximum atomic E-state index is 11.8. The lowest BCUT2D eigenvalue weighted by atomic mass is 9.99. The molecule has 0 spiro atoms. The van der Waals surface area contributed by atoms with E-state index >= 15 is 0 Å². The summed E-state index contributed by atoms with van der Waals surface area (Å²) in [5.41, 5.74) is 7.52. The van der Waals surface area contributed by atoms with Crippen LogP contribution >= 0.6 is 0 Å². The molecule has 0 aromatic rings. The van der Waals surface area contributed by atoms with E-state index in [1.807, 2.05) is 0 Å². The van der Waals surface area contributed by atoms with Crippen LogP contribution in [0.1, 0.15) is 64.2 Å². The van der Waals surface area contributed by atoms with Crippen LogP contribution in [0.4, 0.5) is 0 Å². The van der Waals surface area contributed by atoms with Gasteiger partial charge in [-0.1, -0.05) is 0 Å². The molecule has 0 aromatic heterocycles. The van der Waals surface area contributed by atoms with Crippen molar-refractivity contribution >= 4 is 23.2 Å². The van der Waals surface area contributed by atoms with Crippen LogP contribution < -0.4 is 10.9 Å². The van der Waals surface area contributed by atoms with Gasteiger partial charge in [-0.15, -0.1) is 0 Å². The lowest BCUT2D eigenvalue weighted by molar-refractivity contribution is -0.126. The first kappa shape index (κ1) is 15.8. The Balaban J connectivity index is 1.17. The fourth-order valence-corrected chi connectivity index (χ4v) is 4.93.